The Kier molecular flexibility index (Phi) is 1.89. The molecule has 0 heterocycles. The lowest BCUT2D eigenvalue weighted by Gasteiger charge is -2.00. The maximum Gasteiger partial charge on any atom is 0.132 e. The van der Waals surface area contributed by atoms with Gasteiger partial charge in [-0.2, -0.15) is 0 Å². The molecule has 0 saturated carbocycles. The van der Waals surface area contributed by atoms with Crippen molar-refractivity contribution in [3.8, 4) is 0 Å². The van der Waals surface area contributed by atoms with E-state index >= 15 is 0 Å². The van der Waals surface area contributed by atoms with E-state index in [4.69, 9.17) is 5.73 Å². The predicted molar refractivity (Wildman–Crippen MR) is 39.6 cm³/mol. The average Bonchev–Trinajstić information content (AvgIpc) is 1.94. The van der Waals surface area contributed by atoms with Crippen LogP contribution in [0.25, 0.3) is 5.70 Å². The van der Waals surface area contributed by atoms with Crippen LogP contribution in [0.1, 0.15) is 5.56 Å². The van der Waals surface area contributed by atoms with Crippen molar-refractivity contribution in [1.29, 1.82) is 0 Å². The molecule has 58 valence electrons. The van der Waals surface area contributed by atoms with Gasteiger partial charge in [-0.1, -0.05) is 6.58 Å². The summed E-state index contributed by atoms with van der Waals surface area (Å²) in [6.07, 6.45) is 0. The van der Waals surface area contributed by atoms with Crippen molar-refractivity contribution < 1.29 is 8.78 Å². The van der Waals surface area contributed by atoms with Crippen molar-refractivity contribution in [3.05, 3.63) is 42.0 Å². The topological polar surface area (TPSA) is 26.0 Å². The zero-order chi connectivity index (χ0) is 8.43. The van der Waals surface area contributed by atoms with E-state index < -0.39 is 11.6 Å². The van der Waals surface area contributed by atoms with Crippen LogP contribution < -0.4 is 5.73 Å². The summed E-state index contributed by atoms with van der Waals surface area (Å²) in [5, 5.41) is 0. The average molecular weight is 155 g/mol. The van der Waals surface area contributed by atoms with E-state index in [9.17, 15) is 8.78 Å². The number of rotatable bonds is 1. The first-order valence-corrected chi connectivity index (χ1v) is 3.01. The highest BCUT2D eigenvalue weighted by Crippen LogP contribution is 2.13. The first-order chi connectivity index (χ1) is 5.11. The molecule has 0 fully saturated rings. The molecule has 0 atom stereocenters. The third kappa shape index (κ3) is 1.55. The van der Waals surface area contributed by atoms with Crippen molar-refractivity contribution in [3.63, 3.8) is 0 Å². The van der Waals surface area contributed by atoms with Gasteiger partial charge in [0, 0.05) is 11.3 Å². The fourth-order valence-electron chi connectivity index (χ4n) is 0.744. The van der Waals surface area contributed by atoms with Crippen LogP contribution in [0.3, 0.4) is 0 Å². The Morgan fingerprint density at radius 1 is 1.36 bits per heavy atom. The molecule has 2 N–H and O–H groups in total. The van der Waals surface area contributed by atoms with Gasteiger partial charge in [-0.3, -0.25) is 0 Å². The summed E-state index contributed by atoms with van der Waals surface area (Å²) >= 11 is 0. The molecule has 0 saturated heterocycles. The van der Waals surface area contributed by atoms with Crippen molar-refractivity contribution in [2.24, 2.45) is 5.73 Å². The maximum absolute atomic E-state index is 12.7. The molecule has 0 aliphatic heterocycles. The van der Waals surface area contributed by atoms with Crippen LogP contribution in [0, 0.1) is 11.6 Å². The van der Waals surface area contributed by atoms with E-state index in [2.05, 4.69) is 6.58 Å². The lowest BCUT2D eigenvalue weighted by atomic mass is 10.1. The van der Waals surface area contributed by atoms with Gasteiger partial charge in [0.15, 0.2) is 0 Å². The molecule has 1 aromatic carbocycles. The van der Waals surface area contributed by atoms with Gasteiger partial charge in [-0.05, 0) is 18.2 Å². The molecule has 0 radical (unpaired) electrons. The van der Waals surface area contributed by atoms with E-state index in [1.165, 1.54) is 0 Å². The Morgan fingerprint density at radius 3 is 2.45 bits per heavy atom. The van der Waals surface area contributed by atoms with Crippen LogP contribution in [0.5, 0.6) is 0 Å². The summed E-state index contributed by atoms with van der Waals surface area (Å²) in [5.74, 6) is -1.08. The summed E-state index contributed by atoms with van der Waals surface area (Å²) in [4.78, 5) is 0. The molecule has 0 unspecified atom stereocenters. The Labute approximate surface area is 63.1 Å². The first kappa shape index (κ1) is 7.72. The van der Waals surface area contributed by atoms with Crippen molar-refractivity contribution in [2.45, 2.75) is 0 Å². The largest absolute Gasteiger partial charge is 0.399 e. The minimum atomic E-state index is -0.557. The molecular formula is C8H7F2N. The second-order valence-corrected chi connectivity index (χ2v) is 2.15. The highest BCUT2D eigenvalue weighted by atomic mass is 19.1. The molecule has 1 aromatic rings. The smallest absolute Gasteiger partial charge is 0.132 e. The number of benzene rings is 1. The molecule has 0 amide bonds. The second-order valence-electron chi connectivity index (χ2n) is 2.15. The monoisotopic (exact) mass is 155 g/mol. The minimum Gasteiger partial charge on any atom is -0.399 e. The zero-order valence-corrected chi connectivity index (χ0v) is 5.77. The number of nitrogens with two attached hydrogens (primary N) is 1. The third-order valence-electron chi connectivity index (χ3n) is 1.27. The van der Waals surface area contributed by atoms with Crippen LogP contribution in [0.15, 0.2) is 24.8 Å². The van der Waals surface area contributed by atoms with Crippen LogP contribution in [0.4, 0.5) is 8.78 Å². The van der Waals surface area contributed by atoms with Gasteiger partial charge in [0.2, 0.25) is 0 Å². The Bertz CT molecular complexity index is 294. The maximum atomic E-state index is 12.7. The Hall–Kier alpha value is -1.38. The number of hydrogen-bond donors (Lipinski definition) is 1. The second kappa shape index (κ2) is 2.70. The zero-order valence-electron chi connectivity index (χ0n) is 5.77. The lowest BCUT2D eigenvalue weighted by Crippen LogP contribution is -1.97. The van der Waals surface area contributed by atoms with E-state index in [1.54, 1.807) is 0 Å². The SMILES string of the molecule is C=C(N)c1cc(F)ccc1F. The molecule has 0 bridgehead atoms. The fourth-order valence-corrected chi connectivity index (χ4v) is 0.744. The van der Waals surface area contributed by atoms with Gasteiger partial charge in [-0.25, -0.2) is 8.78 Å². The van der Waals surface area contributed by atoms with Crippen LogP contribution in [-0.4, -0.2) is 0 Å². The molecule has 1 nitrogen and oxygen atoms in total. The highest BCUT2D eigenvalue weighted by molar-refractivity contribution is 5.60. The van der Waals surface area contributed by atoms with Crippen LogP contribution in [-0.2, 0) is 0 Å². The van der Waals surface area contributed by atoms with Crippen molar-refractivity contribution in [1.82, 2.24) is 0 Å². The van der Waals surface area contributed by atoms with Gasteiger partial charge >= 0.3 is 0 Å². The summed E-state index contributed by atoms with van der Waals surface area (Å²) < 4.78 is 25.2. The Morgan fingerprint density at radius 2 is 2.00 bits per heavy atom. The standard InChI is InChI=1S/C8H7F2N/c1-5(11)7-4-6(9)2-3-8(7)10/h2-4H,1,11H2. The predicted octanol–water partition coefficient (Wildman–Crippen LogP) is 1.89. The molecule has 3 heteroatoms. The van der Waals surface area contributed by atoms with E-state index in [0.29, 0.717) is 0 Å². The van der Waals surface area contributed by atoms with Gasteiger partial charge in [0.25, 0.3) is 0 Å². The van der Waals surface area contributed by atoms with E-state index in [1.807, 2.05) is 0 Å². The molecule has 1 rings (SSSR count). The van der Waals surface area contributed by atoms with Crippen LogP contribution in [0.2, 0.25) is 0 Å². The number of hydrogen-bond acceptors (Lipinski definition) is 1. The van der Waals surface area contributed by atoms with Crippen molar-refractivity contribution >= 4 is 5.70 Å². The van der Waals surface area contributed by atoms with E-state index in [-0.39, 0.29) is 11.3 Å². The van der Waals surface area contributed by atoms with Crippen LogP contribution >= 0.6 is 0 Å². The minimum absolute atomic E-state index is 0.0185. The third-order valence-corrected chi connectivity index (χ3v) is 1.27. The lowest BCUT2D eigenvalue weighted by molar-refractivity contribution is 0.597. The molecular weight excluding hydrogens is 148 g/mol. The molecule has 11 heavy (non-hydrogen) atoms. The summed E-state index contributed by atoms with van der Waals surface area (Å²) in [5.41, 5.74) is 5.23. The molecule has 0 aliphatic rings. The normalized spacial score (nSPS) is 9.64. The van der Waals surface area contributed by atoms with Crippen molar-refractivity contribution in [2.75, 3.05) is 0 Å². The first-order valence-electron chi connectivity index (χ1n) is 3.01. The van der Waals surface area contributed by atoms with Gasteiger partial charge < -0.3 is 5.73 Å². The van der Waals surface area contributed by atoms with Gasteiger partial charge in [0.1, 0.15) is 11.6 Å². The molecule has 0 spiro atoms. The summed E-state index contributed by atoms with van der Waals surface area (Å²) in [6.45, 7) is 3.30. The quantitative estimate of drug-likeness (QED) is 0.658. The van der Waals surface area contributed by atoms with E-state index in [0.717, 1.165) is 18.2 Å². The summed E-state index contributed by atoms with van der Waals surface area (Å²) in [7, 11) is 0. The molecule has 0 aromatic heterocycles. The highest BCUT2D eigenvalue weighted by Gasteiger charge is 2.03. The molecule has 0 aliphatic carbocycles. The van der Waals surface area contributed by atoms with Gasteiger partial charge in [-0.15, -0.1) is 0 Å². The Balaban J connectivity index is 3.23. The number of halogens is 2. The van der Waals surface area contributed by atoms with Gasteiger partial charge in [0.05, 0.1) is 0 Å². The summed E-state index contributed by atoms with van der Waals surface area (Å²) in [6, 6.07) is 3.06. The fraction of sp³-hybridized carbons (Fsp3) is 0.